The molecular formula is C13H18BrNS. The van der Waals surface area contributed by atoms with Crippen LogP contribution in [0.4, 0.5) is 0 Å². The second-order valence-corrected chi connectivity index (χ2v) is 6.33. The molecule has 0 amide bonds. The first-order valence-corrected chi connectivity index (χ1v) is 7.80. The van der Waals surface area contributed by atoms with Crippen LogP contribution < -0.4 is 5.73 Å². The van der Waals surface area contributed by atoms with Gasteiger partial charge in [-0.2, -0.15) is 0 Å². The van der Waals surface area contributed by atoms with Crippen molar-refractivity contribution in [3.8, 4) is 0 Å². The van der Waals surface area contributed by atoms with Crippen molar-refractivity contribution < 1.29 is 0 Å². The number of hydrogen-bond donors (Lipinski definition) is 1. The Morgan fingerprint density at radius 1 is 1.25 bits per heavy atom. The Kier molecular flexibility index (Phi) is 3.98. The highest BCUT2D eigenvalue weighted by atomic mass is 79.9. The van der Waals surface area contributed by atoms with E-state index in [2.05, 4.69) is 40.4 Å². The van der Waals surface area contributed by atoms with E-state index in [1.165, 1.54) is 29.7 Å². The van der Waals surface area contributed by atoms with Gasteiger partial charge in [-0.25, -0.2) is 0 Å². The van der Waals surface area contributed by atoms with Gasteiger partial charge >= 0.3 is 0 Å². The van der Waals surface area contributed by atoms with Crippen LogP contribution in [0.2, 0.25) is 0 Å². The quantitative estimate of drug-likeness (QED) is 0.825. The molecule has 0 spiro atoms. The van der Waals surface area contributed by atoms with E-state index in [1.807, 2.05) is 0 Å². The van der Waals surface area contributed by atoms with Crippen LogP contribution in [0.1, 0.15) is 37.7 Å². The average molecular weight is 300 g/mol. The van der Waals surface area contributed by atoms with Gasteiger partial charge in [-0.3, -0.25) is 0 Å². The maximum Gasteiger partial charge on any atom is 0.0421 e. The van der Waals surface area contributed by atoms with Gasteiger partial charge in [0, 0.05) is 14.9 Å². The van der Waals surface area contributed by atoms with Gasteiger partial charge in [0.1, 0.15) is 0 Å². The van der Waals surface area contributed by atoms with Crippen molar-refractivity contribution in [3.63, 3.8) is 0 Å². The molecule has 0 unspecified atom stereocenters. The van der Waals surface area contributed by atoms with Gasteiger partial charge in [0.2, 0.25) is 0 Å². The molecule has 1 fully saturated rings. The molecule has 0 saturated heterocycles. The highest BCUT2D eigenvalue weighted by Gasteiger charge is 2.31. The Labute approximate surface area is 110 Å². The largest absolute Gasteiger partial charge is 0.321 e. The lowest BCUT2D eigenvalue weighted by molar-refractivity contribution is 0.298. The molecule has 0 heterocycles. The lowest BCUT2D eigenvalue weighted by atomic mass is 9.77. The summed E-state index contributed by atoms with van der Waals surface area (Å²) >= 11 is 5.35. The molecule has 0 aliphatic heterocycles. The second kappa shape index (κ2) is 5.11. The number of nitrogens with two attached hydrogens (primary N) is 1. The zero-order valence-electron chi connectivity index (χ0n) is 9.63. The summed E-state index contributed by atoms with van der Waals surface area (Å²) in [6.45, 7) is 0. The lowest BCUT2D eigenvalue weighted by Crippen LogP contribution is -2.39. The maximum absolute atomic E-state index is 6.59. The summed E-state index contributed by atoms with van der Waals surface area (Å²) in [5.74, 6) is 0. The minimum atomic E-state index is -0.0969. The summed E-state index contributed by atoms with van der Waals surface area (Å²) in [6, 6.07) is 6.48. The fourth-order valence-corrected chi connectivity index (χ4v) is 3.57. The third-order valence-electron chi connectivity index (χ3n) is 3.44. The van der Waals surface area contributed by atoms with Crippen LogP contribution in [0, 0.1) is 0 Å². The van der Waals surface area contributed by atoms with E-state index in [1.54, 1.807) is 11.8 Å². The molecule has 0 bridgehead atoms. The zero-order valence-corrected chi connectivity index (χ0v) is 12.0. The Morgan fingerprint density at radius 2 is 1.94 bits per heavy atom. The SMILES string of the molecule is CSc1ccc(Br)cc1C1(N)CCCCC1. The number of thioether (sulfide) groups is 1. The zero-order chi connectivity index (χ0) is 11.6. The predicted octanol–water partition coefficient (Wildman–Crippen LogP) is 4.29. The Balaban J connectivity index is 2.40. The van der Waals surface area contributed by atoms with E-state index < -0.39 is 0 Å². The van der Waals surface area contributed by atoms with Crippen LogP contribution >= 0.6 is 27.7 Å². The molecule has 1 aromatic rings. The van der Waals surface area contributed by atoms with E-state index in [4.69, 9.17) is 5.73 Å². The fraction of sp³-hybridized carbons (Fsp3) is 0.538. The van der Waals surface area contributed by atoms with Crippen molar-refractivity contribution >= 4 is 27.7 Å². The molecule has 1 aliphatic rings. The summed E-state index contributed by atoms with van der Waals surface area (Å²) < 4.78 is 1.13. The Bertz CT molecular complexity index is 372. The number of halogens is 1. The molecule has 2 rings (SSSR count). The standard InChI is InChI=1S/C13H18BrNS/c1-16-12-6-5-10(14)9-11(12)13(15)7-3-2-4-8-13/h5-6,9H,2-4,7-8,15H2,1H3. The van der Waals surface area contributed by atoms with E-state index in [0.717, 1.165) is 17.3 Å². The topological polar surface area (TPSA) is 26.0 Å². The van der Waals surface area contributed by atoms with Crippen LogP contribution in [0.15, 0.2) is 27.6 Å². The predicted molar refractivity (Wildman–Crippen MR) is 74.9 cm³/mol. The monoisotopic (exact) mass is 299 g/mol. The molecule has 0 aromatic heterocycles. The van der Waals surface area contributed by atoms with Crippen LogP contribution in [0.3, 0.4) is 0 Å². The van der Waals surface area contributed by atoms with Gasteiger partial charge < -0.3 is 5.73 Å². The van der Waals surface area contributed by atoms with Crippen LogP contribution in [-0.2, 0) is 5.54 Å². The number of hydrogen-bond acceptors (Lipinski definition) is 2. The van der Waals surface area contributed by atoms with Crippen molar-refractivity contribution in [2.45, 2.75) is 42.5 Å². The molecule has 2 N–H and O–H groups in total. The summed E-state index contributed by atoms with van der Waals surface area (Å²) in [4.78, 5) is 1.33. The summed E-state index contributed by atoms with van der Waals surface area (Å²) in [5.41, 5.74) is 7.82. The first-order valence-electron chi connectivity index (χ1n) is 5.79. The molecule has 0 radical (unpaired) electrons. The Morgan fingerprint density at radius 3 is 2.56 bits per heavy atom. The minimum Gasteiger partial charge on any atom is -0.321 e. The minimum absolute atomic E-state index is 0.0969. The third kappa shape index (κ3) is 2.47. The molecule has 3 heteroatoms. The maximum atomic E-state index is 6.59. The molecule has 1 saturated carbocycles. The normalized spacial score (nSPS) is 19.7. The van der Waals surface area contributed by atoms with E-state index in [9.17, 15) is 0 Å². The second-order valence-electron chi connectivity index (χ2n) is 4.56. The first kappa shape index (κ1) is 12.5. The smallest absolute Gasteiger partial charge is 0.0421 e. The third-order valence-corrected chi connectivity index (χ3v) is 4.73. The van der Waals surface area contributed by atoms with Gasteiger partial charge in [0.25, 0.3) is 0 Å². The number of rotatable bonds is 2. The van der Waals surface area contributed by atoms with Gasteiger partial charge in [0.05, 0.1) is 0 Å². The van der Waals surface area contributed by atoms with Gasteiger partial charge in [-0.15, -0.1) is 11.8 Å². The molecule has 1 aromatic carbocycles. The van der Waals surface area contributed by atoms with Crippen LogP contribution in [-0.4, -0.2) is 6.26 Å². The van der Waals surface area contributed by atoms with Crippen molar-refractivity contribution in [2.24, 2.45) is 5.73 Å². The molecule has 1 nitrogen and oxygen atoms in total. The molecule has 16 heavy (non-hydrogen) atoms. The molecule has 88 valence electrons. The van der Waals surface area contributed by atoms with Crippen molar-refractivity contribution in [1.29, 1.82) is 0 Å². The first-order chi connectivity index (χ1) is 7.65. The molecule has 1 aliphatic carbocycles. The number of benzene rings is 1. The highest BCUT2D eigenvalue weighted by molar-refractivity contribution is 9.10. The molecular weight excluding hydrogens is 282 g/mol. The van der Waals surface area contributed by atoms with Gasteiger partial charge in [0.15, 0.2) is 0 Å². The van der Waals surface area contributed by atoms with Crippen molar-refractivity contribution in [3.05, 3.63) is 28.2 Å². The van der Waals surface area contributed by atoms with E-state index in [-0.39, 0.29) is 5.54 Å². The van der Waals surface area contributed by atoms with Gasteiger partial charge in [-0.05, 0) is 42.9 Å². The van der Waals surface area contributed by atoms with E-state index in [0.29, 0.717) is 0 Å². The lowest BCUT2D eigenvalue weighted by Gasteiger charge is -2.35. The Hall–Kier alpha value is 0.01000. The van der Waals surface area contributed by atoms with E-state index >= 15 is 0 Å². The van der Waals surface area contributed by atoms with Crippen molar-refractivity contribution in [2.75, 3.05) is 6.26 Å². The molecule has 0 atom stereocenters. The summed E-state index contributed by atoms with van der Waals surface area (Å²) in [7, 11) is 0. The highest BCUT2D eigenvalue weighted by Crippen LogP contribution is 2.39. The fourth-order valence-electron chi connectivity index (χ4n) is 2.52. The van der Waals surface area contributed by atoms with Crippen LogP contribution in [0.5, 0.6) is 0 Å². The summed E-state index contributed by atoms with van der Waals surface area (Å²) in [5, 5.41) is 0. The van der Waals surface area contributed by atoms with Crippen molar-refractivity contribution in [1.82, 2.24) is 0 Å². The van der Waals surface area contributed by atoms with Gasteiger partial charge in [-0.1, -0.05) is 35.2 Å². The van der Waals surface area contributed by atoms with Crippen LogP contribution in [0.25, 0.3) is 0 Å². The average Bonchev–Trinajstić information content (AvgIpc) is 2.30. The summed E-state index contributed by atoms with van der Waals surface area (Å²) in [6.07, 6.45) is 8.22.